The van der Waals surface area contributed by atoms with Crippen molar-refractivity contribution in [1.29, 1.82) is 0 Å². The zero-order valence-electron chi connectivity index (χ0n) is 11.3. The summed E-state index contributed by atoms with van der Waals surface area (Å²) in [5, 5.41) is 14.2. The monoisotopic (exact) mass is 326 g/mol. The Kier molecular flexibility index (Phi) is 3.00. The molecule has 4 nitrogen and oxygen atoms in total. The molecule has 0 spiro atoms. The lowest BCUT2D eigenvalue weighted by Crippen LogP contribution is -2.39. The third-order valence-corrected chi connectivity index (χ3v) is 6.18. The van der Waals surface area contributed by atoms with Gasteiger partial charge < -0.3 is 5.11 Å². The highest BCUT2D eigenvalue weighted by Crippen LogP contribution is 2.57. The predicted molar refractivity (Wildman–Crippen MR) is 74.9 cm³/mol. The molecule has 2 saturated carbocycles. The number of hydrogen-bond donors (Lipinski definition) is 1. The van der Waals surface area contributed by atoms with Gasteiger partial charge in [-0.1, -0.05) is 6.42 Å². The van der Waals surface area contributed by atoms with Gasteiger partial charge in [0.25, 0.3) is 0 Å². The average molecular weight is 327 g/mol. The van der Waals surface area contributed by atoms with E-state index in [2.05, 4.69) is 21.0 Å². The fourth-order valence-corrected chi connectivity index (χ4v) is 4.65. The van der Waals surface area contributed by atoms with Crippen LogP contribution in [0.1, 0.15) is 37.1 Å². The van der Waals surface area contributed by atoms with Crippen LogP contribution >= 0.6 is 15.9 Å². The molecule has 3 rings (SSSR count). The van der Waals surface area contributed by atoms with Crippen molar-refractivity contribution in [3.05, 3.63) is 15.9 Å². The van der Waals surface area contributed by atoms with E-state index in [0.29, 0.717) is 18.3 Å². The normalized spacial score (nSPS) is 33.0. The summed E-state index contributed by atoms with van der Waals surface area (Å²) in [6.07, 6.45) is 4.82. The van der Waals surface area contributed by atoms with Crippen molar-refractivity contribution in [1.82, 2.24) is 9.78 Å². The molecule has 0 saturated heterocycles. The molecule has 0 aromatic carbocycles. The number of carboxylic acids is 1. The topological polar surface area (TPSA) is 55.1 Å². The zero-order chi connectivity index (χ0) is 13.8. The number of aromatic nitrogens is 2. The van der Waals surface area contributed by atoms with E-state index in [9.17, 15) is 9.90 Å². The molecule has 1 heterocycles. The standard InChI is InChI=1S/C14H19BrN2O2/c1-8-12(15)11(17(2)16-8)7-14(13(18)19)6-9-3-4-10(14)5-9/h9-10H,3-7H2,1-2H3,(H,18,19). The lowest BCUT2D eigenvalue weighted by molar-refractivity contribution is -0.152. The van der Waals surface area contributed by atoms with Gasteiger partial charge in [-0.3, -0.25) is 9.48 Å². The van der Waals surface area contributed by atoms with Crippen molar-refractivity contribution in [3.63, 3.8) is 0 Å². The summed E-state index contributed by atoms with van der Waals surface area (Å²) < 4.78 is 2.80. The number of halogens is 1. The van der Waals surface area contributed by atoms with Gasteiger partial charge in [0, 0.05) is 13.5 Å². The number of carboxylic acid groups (broad SMARTS) is 1. The van der Waals surface area contributed by atoms with Crippen LogP contribution in [0.15, 0.2) is 4.47 Å². The summed E-state index contributed by atoms with van der Waals surface area (Å²) in [5.74, 6) is 0.344. The fourth-order valence-electron chi connectivity index (χ4n) is 4.17. The van der Waals surface area contributed by atoms with E-state index < -0.39 is 11.4 Å². The Morgan fingerprint density at radius 3 is 2.74 bits per heavy atom. The lowest BCUT2D eigenvalue weighted by Gasteiger charge is -2.33. The minimum absolute atomic E-state index is 0.345. The molecule has 3 unspecified atom stereocenters. The third kappa shape index (κ3) is 1.85. The first kappa shape index (κ1) is 13.2. The maximum atomic E-state index is 11.9. The van der Waals surface area contributed by atoms with E-state index in [-0.39, 0.29) is 0 Å². The first-order valence-corrected chi connectivity index (χ1v) is 7.64. The Labute approximate surface area is 121 Å². The maximum absolute atomic E-state index is 11.9. The van der Waals surface area contributed by atoms with E-state index in [4.69, 9.17) is 0 Å². The van der Waals surface area contributed by atoms with Gasteiger partial charge in [0.2, 0.25) is 0 Å². The van der Waals surface area contributed by atoms with Crippen LogP contribution < -0.4 is 0 Å². The second-order valence-corrected chi connectivity index (χ2v) is 6.98. The predicted octanol–water partition coefficient (Wildman–Crippen LogP) is 2.92. The number of aliphatic carboxylic acids is 1. The molecule has 1 aromatic heterocycles. The molecule has 0 aliphatic heterocycles. The lowest BCUT2D eigenvalue weighted by atomic mass is 9.70. The number of hydrogen-bond acceptors (Lipinski definition) is 2. The van der Waals surface area contributed by atoms with Gasteiger partial charge in [-0.15, -0.1) is 0 Å². The van der Waals surface area contributed by atoms with Crippen LogP contribution in [-0.4, -0.2) is 20.9 Å². The maximum Gasteiger partial charge on any atom is 0.310 e. The summed E-state index contributed by atoms with van der Waals surface area (Å²) >= 11 is 3.56. The molecule has 0 amide bonds. The molecule has 1 aromatic rings. The first-order valence-electron chi connectivity index (χ1n) is 6.85. The number of aryl methyl sites for hydroxylation is 2. The van der Waals surface area contributed by atoms with E-state index in [1.165, 1.54) is 6.42 Å². The van der Waals surface area contributed by atoms with Crippen molar-refractivity contribution < 1.29 is 9.90 Å². The van der Waals surface area contributed by atoms with E-state index in [1.54, 1.807) is 0 Å². The summed E-state index contributed by atoms with van der Waals surface area (Å²) in [7, 11) is 1.90. The molecule has 2 aliphatic carbocycles. The molecule has 1 N–H and O–H groups in total. The quantitative estimate of drug-likeness (QED) is 0.929. The first-order chi connectivity index (χ1) is 8.94. The Morgan fingerprint density at radius 2 is 2.32 bits per heavy atom. The molecule has 2 aliphatic rings. The van der Waals surface area contributed by atoms with E-state index >= 15 is 0 Å². The molecule has 2 fully saturated rings. The largest absolute Gasteiger partial charge is 0.481 e. The zero-order valence-corrected chi connectivity index (χ0v) is 12.9. The second kappa shape index (κ2) is 4.33. The number of fused-ring (bicyclic) bond motifs is 2. The number of nitrogens with zero attached hydrogens (tertiary/aromatic N) is 2. The minimum atomic E-state index is -0.620. The molecular weight excluding hydrogens is 308 g/mol. The Hall–Kier alpha value is -0.840. The molecule has 5 heteroatoms. The van der Waals surface area contributed by atoms with Crippen molar-refractivity contribution in [2.45, 2.75) is 39.0 Å². The minimum Gasteiger partial charge on any atom is -0.481 e. The average Bonchev–Trinajstić information content (AvgIpc) is 3.00. The molecular formula is C14H19BrN2O2. The summed E-state index contributed by atoms with van der Waals surface area (Å²) in [4.78, 5) is 11.9. The van der Waals surface area contributed by atoms with Crippen molar-refractivity contribution in [2.75, 3.05) is 0 Å². The van der Waals surface area contributed by atoms with Crippen LogP contribution in [0.3, 0.4) is 0 Å². The van der Waals surface area contributed by atoms with E-state index in [1.807, 2.05) is 18.7 Å². The Morgan fingerprint density at radius 1 is 1.58 bits per heavy atom. The smallest absolute Gasteiger partial charge is 0.310 e. The molecule has 3 atom stereocenters. The van der Waals surface area contributed by atoms with Gasteiger partial charge in [0.05, 0.1) is 21.3 Å². The van der Waals surface area contributed by atoms with Crippen LogP contribution in [-0.2, 0) is 18.3 Å². The molecule has 2 bridgehead atoms. The summed E-state index contributed by atoms with van der Waals surface area (Å²) in [5.41, 5.74) is 1.39. The molecule has 104 valence electrons. The van der Waals surface area contributed by atoms with Crippen LogP contribution in [0.25, 0.3) is 0 Å². The highest BCUT2D eigenvalue weighted by molar-refractivity contribution is 9.10. The van der Waals surface area contributed by atoms with Crippen molar-refractivity contribution >= 4 is 21.9 Å². The van der Waals surface area contributed by atoms with Crippen molar-refractivity contribution in [3.8, 4) is 0 Å². The van der Waals surface area contributed by atoms with Gasteiger partial charge in [-0.25, -0.2) is 0 Å². The van der Waals surface area contributed by atoms with Gasteiger partial charge in [-0.05, 0) is 54.0 Å². The van der Waals surface area contributed by atoms with E-state index in [0.717, 1.165) is 35.1 Å². The van der Waals surface area contributed by atoms with Crippen LogP contribution in [0.5, 0.6) is 0 Å². The highest BCUT2D eigenvalue weighted by Gasteiger charge is 2.56. The fraction of sp³-hybridized carbons (Fsp3) is 0.714. The second-order valence-electron chi connectivity index (χ2n) is 6.19. The number of carbonyl (C=O) groups is 1. The molecule has 0 radical (unpaired) electrons. The van der Waals surface area contributed by atoms with Gasteiger partial charge in [0.15, 0.2) is 0 Å². The van der Waals surface area contributed by atoms with Gasteiger partial charge in [0.1, 0.15) is 0 Å². The summed E-state index contributed by atoms with van der Waals surface area (Å²) in [6.45, 7) is 1.95. The van der Waals surface area contributed by atoms with Crippen LogP contribution in [0.4, 0.5) is 0 Å². The Balaban J connectivity index is 1.97. The molecule has 19 heavy (non-hydrogen) atoms. The van der Waals surface area contributed by atoms with Crippen LogP contribution in [0.2, 0.25) is 0 Å². The third-order valence-electron chi connectivity index (χ3n) is 5.15. The highest BCUT2D eigenvalue weighted by atomic mass is 79.9. The van der Waals surface area contributed by atoms with Gasteiger partial charge in [-0.2, -0.15) is 5.10 Å². The van der Waals surface area contributed by atoms with Crippen molar-refractivity contribution in [2.24, 2.45) is 24.3 Å². The van der Waals surface area contributed by atoms with Crippen LogP contribution in [0, 0.1) is 24.2 Å². The number of rotatable bonds is 3. The SMILES string of the molecule is Cc1nn(C)c(CC2(C(=O)O)CC3CCC2C3)c1Br. The van der Waals surface area contributed by atoms with Gasteiger partial charge >= 0.3 is 5.97 Å². The summed E-state index contributed by atoms with van der Waals surface area (Å²) in [6, 6.07) is 0. The Bertz CT molecular complexity index is 540.